The van der Waals surface area contributed by atoms with Crippen molar-refractivity contribution in [3.8, 4) is 0 Å². The van der Waals surface area contributed by atoms with Crippen LogP contribution in [0.5, 0.6) is 0 Å². The first-order valence-electron chi connectivity index (χ1n) is 9.29. The van der Waals surface area contributed by atoms with Gasteiger partial charge < -0.3 is 19.7 Å². The minimum absolute atomic E-state index is 0. The van der Waals surface area contributed by atoms with Crippen molar-refractivity contribution in [3.63, 3.8) is 0 Å². The lowest BCUT2D eigenvalue weighted by Crippen LogP contribution is -2.50. The van der Waals surface area contributed by atoms with E-state index >= 15 is 0 Å². The Labute approximate surface area is 169 Å². The van der Waals surface area contributed by atoms with E-state index < -0.39 is 0 Å². The SMILES string of the molecule is CN=C(NCC1CCCN(C)C1)N1CCC(C)C(n2ccnc2)C1.I. The van der Waals surface area contributed by atoms with Crippen LogP contribution in [0.2, 0.25) is 0 Å². The fourth-order valence-electron chi connectivity index (χ4n) is 4.10. The molecular weight excluding hydrogens is 427 g/mol. The summed E-state index contributed by atoms with van der Waals surface area (Å²) in [5, 5.41) is 3.63. The van der Waals surface area contributed by atoms with Gasteiger partial charge in [0.1, 0.15) is 0 Å². The first-order valence-corrected chi connectivity index (χ1v) is 9.29. The highest BCUT2D eigenvalue weighted by Crippen LogP contribution is 2.27. The Bertz CT molecular complexity index is 532. The van der Waals surface area contributed by atoms with Gasteiger partial charge in [-0.2, -0.15) is 0 Å². The second-order valence-corrected chi connectivity index (χ2v) is 7.49. The van der Waals surface area contributed by atoms with Crippen LogP contribution in [0.4, 0.5) is 0 Å². The summed E-state index contributed by atoms with van der Waals surface area (Å²) in [5.41, 5.74) is 0. The molecule has 1 aromatic rings. The van der Waals surface area contributed by atoms with E-state index in [2.05, 4.69) is 49.8 Å². The van der Waals surface area contributed by atoms with E-state index in [4.69, 9.17) is 0 Å². The molecule has 0 radical (unpaired) electrons. The maximum atomic E-state index is 4.55. The minimum atomic E-state index is 0. The Kier molecular flexibility index (Phi) is 7.99. The van der Waals surface area contributed by atoms with Crippen molar-refractivity contribution >= 4 is 29.9 Å². The summed E-state index contributed by atoms with van der Waals surface area (Å²) in [7, 11) is 4.13. The van der Waals surface area contributed by atoms with Crippen LogP contribution in [-0.2, 0) is 0 Å². The van der Waals surface area contributed by atoms with E-state index in [0.29, 0.717) is 12.0 Å². The maximum absolute atomic E-state index is 4.55. The van der Waals surface area contributed by atoms with Gasteiger partial charge in [-0.25, -0.2) is 4.98 Å². The standard InChI is InChI=1S/C18H32N6.HI/c1-15-6-9-23(13-17(15)24-10-7-20-14-24)18(19-2)21-11-16-5-4-8-22(3)12-16;/h7,10,14-17H,4-6,8-9,11-13H2,1-3H3,(H,19,21);1H. The summed E-state index contributed by atoms with van der Waals surface area (Å²) in [6, 6.07) is 0.473. The molecule has 0 saturated carbocycles. The van der Waals surface area contributed by atoms with Crippen LogP contribution < -0.4 is 5.32 Å². The van der Waals surface area contributed by atoms with Gasteiger partial charge in [-0.15, -0.1) is 24.0 Å². The fraction of sp³-hybridized carbons (Fsp3) is 0.778. The average Bonchev–Trinajstić information content (AvgIpc) is 3.11. The zero-order chi connectivity index (χ0) is 16.9. The lowest BCUT2D eigenvalue weighted by molar-refractivity contribution is 0.184. The highest BCUT2D eigenvalue weighted by Gasteiger charge is 2.29. The predicted octanol–water partition coefficient (Wildman–Crippen LogP) is 2.30. The lowest BCUT2D eigenvalue weighted by atomic mass is 9.93. The lowest BCUT2D eigenvalue weighted by Gasteiger charge is -2.39. The molecule has 0 aromatic carbocycles. The zero-order valence-corrected chi connectivity index (χ0v) is 18.1. The second-order valence-electron chi connectivity index (χ2n) is 7.49. The number of nitrogens with one attached hydrogen (secondary N) is 1. The summed E-state index contributed by atoms with van der Waals surface area (Å²) >= 11 is 0. The first kappa shape index (κ1) is 20.5. The zero-order valence-electron chi connectivity index (χ0n) is 15.8. The monoisotopic (exact) mass is 460 g/mol. The molecule has 0 aliphatic carbocycles. The van der Waals surface area contributed by atoms with Gasteiger partial charge in [0.25, 0.3) is 0 Å². The average molecular weight is 460 g/mol. The van der Waals surface area contributed by atoms with Gasteiger partial charge in [0.2, 0.25) is 0 Å². The van der Waals surface area contributed by atoms with E-state index in [1.54, 1.807) is 0 Å². The van der Waals surface area contributed by atoms with Crippen molar-refractivity contribution in [2.75, 3.05) is 46.8 Å². The van der Waals surface area contributed by atoms with Crippen LogP contribution in [0.3, 0.4) is 0 Å². The molecule has 3 rings (SSSR count). The van der Waals surface area contributed by atoms with Gasteiger partial charge in [0.05, 0.1) is 12.4 Å². The Morgan fingerprint density at radius 2 is 2.12 bits per heavy atom. The normalized spacial score (nSPS) is 28.5. The maximum Gasteiger partial charge on any atom is 0.193 e. The molecule has 6 nitrogen and oxygen atoms in total. The van der Waals surface area contributed by atoms with Crippen LogP contribution >= 0.6 is 24.0 Å². The smallest absolute Gasteiger partial charge is 0.193 e. The molecule has 2 fully saturated rings. The van der Waals surface area contributed by atoms with Crippen molar-refractivity contribution in [1.82, 2.24) is 24.7 Å². The van der Waals surface area contributed by atoms with E-state index in [1.807, 2.05) is 19.6 Å². The number of imidazole rings is 1. The number of aliphatic imine (C=N–C) groups is 1. The molecule has 0 bridgehead atoms. The number of halogens is 1. The van der Waals surface area contributed by atoms with E-state index in [9.17, 15) is 0 Å². The Hall–Kier alpha value is -0.830. The van der Waals surface area contributed by atoms with E-state index in [1.165, 1.54) is 32.4 Å². The summed E-state index contributed by atoms with van der Waals surface area (Å²) in [6.07, 6.45) is 9.72. The molecule has 1 N–H and O–H groups in total. The van der Waals surface area contributed by atoms with Gasteiger partial charge in [-0.1, -0.05) is 6.92 Å². The fourth-order valence-corrected chi connectivity index (χ4v) is 4.10. The number of piperidine rings is 2. The quantitative estimate of drug-likeness (QED) is 0.428. The van der Waals surface area contributed by atoms with Crippen molar-refractivity contribution in [1.29, 1.82) is 0 Å². The van der Waals surface area contributed by atoms with Crippen LogP contribution in [0, 0.1) is 11.8 Å². The number of guanidine groups is 1. The number of hydrogen-bond acceptors (Lipinski definition) is 3. The Morgan fingerprint density at radius 3 is 2.80 bits per heavy atom. The highest BCUT2D eigenvalue weighted by atomic mass is 127. The molecule has 3 heterocycles. The molecule has 0 spiro atoms. The van der Waals surface area contributed by atoms with Crippen LogP contribution in [0.25, 0.3) is 0 Å². The third-order valence-electron chi connectivity index (χ3n) is 5.61. The summed E-state index contributed by atoms with van der Waals surface area (Å²) < 4.78 is 2.25. The molecule has 3 atom stereocenters. The number of rotatable bonds is 3. The molecule has 3 unspecified atom stereocenters. The molecule has 1 aromatic heterocycles. The molecule has 142 valence electrons. The van der Waals surface area contributed by atoms with Crippen molar-refractivity contribution in [2.45, 2.75) is 32.2 Å². The number of nitrogens with zero attached hydrogens (tertiary/aromatic N) is 5. The van der Waals surface area contributed by atoms with Gasteiger partial charge in [0, 0.05) is 45.6 Å². The largest absolute Gasteiger partial charge is 0.356 e. The van der Waals surface area contributed by atoms with E-state index in [0.717, 1.165) is 31.5 Å². The van der Waals surface area contributed by atoms with Crippen LogP contribution in [0.15, 0.2) is 23.7 Å². The number of hydrogen-bond donors (Lipinski definition) is 1. The van der Waals surface area contributed by atoms with Crippen LogP contribution in [0.1, 0.15) is 32.2 Å². The number of likely N-dealkylation sites (tertiary alicyclic amines) is 2. The third-order valence-corrected chi connectivity index (χ3v) is 5.61. The summed E-state index contributed by atoms with van der Waals surface area (Å²) in [5.74, 6) is 2.45. The van der Waals surface area contributed by atoms with Gasteiger partial charge in [0.15, 0.2) is 5.96 Å². The Morgan fingerprint density at radius 1 is 1.28 bits per heavy atom. The highest BCUT2D eigenvalue weighted by molar-refractivity contribution is 14.0. The summed E-state index contributed by atoms with van der Waals surface area (Å²) in [6.45, 7) is 7.88. The molecule has 7 heteroatoms. The molecule has 2 aliphatic rings. The van der Waals surface area contributed by atoms with Crippen molar-refractivity contribution < 1.29 is 0 Å². The Balaban J connectivity index is 0.00000225. The molecule has 2 saturated heterocycles. The second kappa shape index (κ2) is 9.75. The van der Waals surface area contributed by atoms with Gasteiger partial charge in [-0.3, -0.25) is 4.99 Å². The van der Waals surface area contributed by atoms with E-state index in [-0.39, 0.29) is 24.0 Å². The van der Waals surface area contributed by atoms with Gasteiger partial charge in [-0.05, 0) is 44.7 Å². The summed E-state index contributed by atoms with van der Waals surface area (Å²) in [4.78, 5) is 13.6. The minimum Gasteiger partial charge on any atom is -0.356 e. The molecule has 25 heavy (non-hydrogen) atoms. The number of aromatic nitrogens is 2. The van der Waals surface area contributed by atoms with Crippen molar-refractivity contribution in [2.24, 2.45) is 16.8 Å². The molecular formula is C18H33IN6. The predicted molar refractivity (Wildman–Crippen MR) is 114 cm³/mol. The third kappa shape index (κ3) is 5.32. The topological polar surface area (TPSA) is 48.7 Å². The molecule has 0 amide bonds. The molecule has 2 aliphatic heterocycles. The first-order chi connectivity index (χ1) is 11.7. The van der Waals surface area contributed by atoms with Gasteiger partial charge >= 0.3 is 0 Å². The van der Waals surface area contributed by atoms with Crippen molar-refractivity contribution in [3.05, 3.63) is 18.7 Å². The van der Waals surface area contributed by atoms with Crippen LogP contribution in [-0.4, -0.2) is 72.1 Å².